The summed E-state index contributed by atoms with van der Waals surface area (Å²) in [6.45, 7) is 5.89. The van der Waals surface area contributed by atoms with Crippen molar-refractivity contribution in [3.63, 3.8) is 0 Å². The molecule has 296 valence electrons. The summed E-state index contributed by atoms with van der Waals surface area (Å²) in [5, 5.41) is 6.40. The second-order valence-corrected chi connectivity index (χ2v) is 13.9. The van der Waals surface area contributed by atoms with E-state index in [1.807, 2.05) is 69.3 Å². The molecule has 4 amide bonds. The number of urea groups is 1. The zero-order valence-electron chi connectivity index (χ0n) is 32.7. The highest BCUT2D eigenvalue weighted by Crippen LogP contribution is 2.33. The fourth-order valence-electron chi connectivity index (χ4n) is 6.90. The molecule has 13 heteroatoms. The maximum atomic E-state index is 14.9. The second kappa shape index (κ2) is 17.4. The predicted molar refractivity (Wildman–Crippen MR) is 221 cm³/mol. The van der Waals surface area contributed by atoms with Gasteiger partial charge in [0.1, 0.15) is 30.6 Å². The lowest BCUT2D eigenvalue weighted by Gasteiger charge is -2.28. The van der Waals surface area contributed by atoms with E-state index >= 15 is 0 Å². The number of hydrogen-bond donors (Lipinski definition) is 2. The summed E-state index contributed by atoms with van der Waals surface area (Å²) in [6, 6.07) is 33.3. The Morgan fingerprint density at radius 3 is 2.28 bits per heavy atom. The van der Waals surface area contributed by atoms with Crippen molar-refractivity contribution in [1.82, 2.24) is 19.4 Å². The van der Waals surface area contributed by atoms with Crippen molar-refractivity contribution in [1.29, 1.82) is 0 Å². The van der Waals surface area contributed by atoms with E-state index < -0.39 is 35.7 Å². The van der Waals surface area contributed by atoms with Crippen LogP contribution >= 0.6 is 0 Å². The summed E-state index contributed by atoms with van der Waals surface area (Å²) in [5.41, 5.74) is 3.97. The van der Waals surface area contributed by atoms with Crippen molar-refractivity contribution in [3.05, 3.63) is 154 Å². The van der Waals surface area contributed by atoms with Gasteiger partial charge in [-0.05, 0) is 73.5 Å². The molecule has 0 saturated carbocycles. The van der Waals surface area contributed by atoms with Crippen LogP contribution in [-0.4, -0.2) is 63.9 Å². The molecule has 0 radical (unpaired) electrons. The third-order valence-electron chi connectivity index (χ3n) is 9.78. The molecule has 0 bridgehead atoms. The zero-order valence-corrected chi connectivity index (χ0v) is 32.7. The van der Waals surface area contributed by atoms with E-state index in [2.05, 4.69) is 10.6 Å². The first-order chi connectivity index (χ1) is 28.1. The summed E-state index contributed by atoms with van der Waals surface area (Å²) in [6.07, 6.45) is 0.0641. The summed E-state index contributed by atoms with van der Waals surface area (Å²) in [7, 11) is 1.46. The maximum Gasteiger partial charge on any atom is 0.328 e. The number of hydrogen-bond acceptors (Lipinski definition) is 9. The molecule has 2 unspecified atom stereocenters. The van der Waals surface area contributed by atoms with Gasteiger partial charge in [-0.15, -0.1) is 0 Å². The number of rotatable bonds is 15. The van der Waals surface area contributed by atoms with Gasteiger partial charge in [0.25, 0.3) is 17.4 Å². The molecule has 0 spiro atoms. The third kappa shape index (κ3) is 8.39. The highest BCUT2D eigenvalue weighted by Gasteiger charge is 2.46. The number of nitrogens with zero attached hydrogens (tertiary/aromatic N) is 4. The average Bonchev–Trinajstić information content (AvgIpc) is 3.50. The monoisotopic (exact) mass is 780 g/mol. The topological polar surface area (TPSA) is 144 Å². The number of ether oxygens (including phenoxy) is 3. The number of amides is 4. The molecular weight excluding hydrogens is 737 g/mol. The number of aryl methyl sites for hydroxylation is 2. The summed E-state index contributed by atoms with van der Waals surface area (Å²) >= 11 is 0. The summed E-state index contributed by atoms with van der Waals surface area (Å²) < 4.78 is 19.1. The smallest absolute Gasteiger partial charge is 0.328 e. The van der Waals surface area contributed by atoms with E-state index in [0.717, 1.165) is 27.3 Å². The van der Waals surface area contributed by atoms with Crippen LogP contribution in [-0.2, 0) is 20.9 Å². The van der Waals surface area contributed by atoms with Crippen molar-refractivity contribution in [2.75, 3.05) is 31.0 Å². The van der Waals surface area contributed by atoms with Crippen LogP contribution in [0.3, 0.4) is 0 Å². The quantitative estimate of drug-likeness (QED) is 0.0807. The molecular formula is C45H44N6O7. The Morgan fingerprint density at radius 1 is 0.845 bits per heavy atom. The molecule has 1 saturated heterocycles. The Bertz CT molecular complexity index is 2510. The number of carbonyl (C=O) groups excluding carboxylic acids is 3. The number of fused-ring (bicyclic) bond motifs is 1. The van der Waals surface area contributed by atoms with Crippen LogP contribution in [0.5, 0.6) is 11.5 Å². The van der Waals surface area contributed by atoms with Crippen molar-refractivity contribution in [2.24, 2.45) is 0 Å². The van der Waals surface area contributed by atoms with Crippen molar-refractivity contribution < 1.29 is 28.6 Å². The molecule has 58 heavy (non-hydrogen) atoms. The molecule has 5 aromatic carbocycles. The molecule has 0 aliphatic carbocycles. The minimum Gasteiger partial charge on any atom is -0.495 e. The highest BCUT2D eigenvalue weighted by molar-refractivity contribution is 6.08. The minimum absolute atomic E-state index is 0.0736. The Balaban J connectivity index is 1.23. The van der Waals surface area contributed by atoms with Gasteiger partial charge in [0.2, 0.25) is 6.29 Å². The van der Waals surface area contributed by atoms with E-state index in [-0.39, 0.29) is 31.3 Å². The SMILES string of the molecule is CCC(OCNc1ccc(OC)c(NC(=O)C(c2nc3ccccc3c(=O)n2-c2ccccc2)N2C(=O)CN(Cc3ccccc3)C2=O)c1)Oc1ccc(C)cc1C. The zero-order chi connectivity index (χ0) is 40.8. The summed E-state index contributed by atoms with van der Waals surface area (Å²) in [5.74, 6) is -0.504. The van der Waals surface area contributed by atoms with Gasteiger partial charge in [0.05, 0.1) is 29.4 Å². The number of methoxy groups -OCH3 is 1. The number of aromatic nitrogens is 2. The Morgan fingerprint density at radius 2 is 1.55 bits per heavy atom. The van der Waals surface area contributed by atoms with E-state index in [1.165, 1.54) is 16.6 Å². The molecule has 1 fully saturated rings. The van der Waals surface area contributed by atoms with Crippen LogP contribution in [0.15, 0.2) is 126 Å². The normalized spacial score (nSPS) is 13.7. The number of imide groups is 1. The molecule has 1 aromatic heterocycles. The number of nitrogens with one attached hydrogen (secondary N) is 2. The van der Waals surface area contributed by atoms with Gasteiger partial charge in [-0.2, -0.15) is 0 Å². The molecule has 2 atom stereocenters. The lowest BCUT2D eigenvalue weighted by molar-refractivity contribution is -0.132. The average molecular weight is 781 g/mol. The van der Waals surface area contributed by atoms with Crippen molar-refractivity contribution in [2.45, 2.75) is 46.1 Å². The number of anilines is 2. The van der Waals surface area contributed by atoms with Gasteiger partial charge < -0.3 is 29.7 Å². The van der Waals surface area contributed by atoms with Crippen molar-refractivity contribution in [3.8, 4) is 17.2 Å². The van der Waals surface area contributed by atoms with Crippen LogP contribution in [0, 0.1) is 13.8 Å². The first-order valence-corrected chi connectivity index (χ1v) is 19.0. The van der Waals surface area contributed by atoms with Gasteiger partial charge >= 0.3 is 6.03 Å². The Kier molecular flexibility index (Phi) is 11.8. The number of para-hydroxylation sites is 2. The summed E-state index contributed by atoms with van der Waals surface area (Å²) in [4.78, 5) is 64.5. The Labute approximate surface area is 335 Å². The lowest BCUT2D eigenvalue weighted by Crippen LogP contribution is -2.45. The molecule has 7 rings (SSSR count). The fraction of sp³-hybridized carbons (Fsp3) is 0.222. The van der Waals surface area contributed by atoms with E-state index in [0.29, 0.717) is 34.4 Å². The first-order valence-electron chi connectivity index (χ1n) is 19.0. The van der Waals surface area contributed by atoms with Gasteiger partial charge in [-0.25, -0.2) is 14.7 Å². The molecule has 2 N–H and O–H groups in total. The lowest BCUT2D eigenvalue weighted by atomic mass is 10.1. The van der Waals surface area contributed by atoms with E-state index in [4.69, 9.17) is 19.2 Å². The van der Waals surface area contributed by atoms with E-state index in [9.17, 15) is 19.2 Å². The molecule has 13 nitrogen and oxygen atoms in total. The maximum absolute atomic E-state index is 14.9. The van der Waals surface area contributed by atoms with Gasteiger partial charge in [0.15, 0.2) is 6.04 Å². The van der Waals surface area contributed by atoms with Crippen LogP contribution in [0.25, 0.3) is 16.6 Å². The van der Waals surface area contributed by atoms with Crippen LogP contribution in [0.1, 0.15) is 41.9 Å². The number of benzene rings is 5. The third-order valence-corrected chi connectivity index (χ3v) is 9.78. The van der Waals surface area contributed by atoms with Gasteiger partial charge in [-0.3, -0.25) is 19.0 Å². The highest BCUT2D eigenvalue weighted by atomic mass is 16.7. The van der Waals surface area contributed by atoms with Gasteiger partial charge in [-0.1, -0.05) is 85.3 Å². The standard InChI is InChI=1S/C45H44N6O7/c1-5-40(58-37-22-20-29(2)24-30(37)3)57-28-46-32-21-23-38(56-4)36(25-32)48-43(53)41(51-39(52)27-49(45(51)55)26-31-14-8-6-9-15-31)42-47-35-19-13-12-18-34(35)44(54)50(42)33-16-10-7-11-17-33/h6-25,40-41,46H,5,26-28H2,1-4H3,(H,48,53). The van der Waals surface area contributed by atoms with E-state index in [1.54, 1.807) is 72.8 Å². The fourth-order valence-corrected chi connectivity index (χ4v) is 6.90. The largest absolute Gasteiger partial charge is 0.495 e. The van der Waals surface area contributed by atoms with Crippen LogP contribution in [0.2, 0.25) is 0 Å². The molecule has 2 heterocycles. The van der Waals surface area contributed by atoms with Crippen LogP contribution in [0.4, 0.5) is 16.2 Å². The molecule has 6 aromatic rings. The second-order valence-electron chi connectivity index (χ2n) is 13.9. The van der Waals surface area contributed by atoms with Crippen molar-refractivity contribution >= 4 is 40.1 Å². The number of carbonyl (C=O) groups is 3. The molecule has 1 aliphatic rings. The minimum atomic E-state index is -1.68. The van der Waals surface area contributed by atoms with Gasteiger partial charge in [0, 0.05) is 18.7 Å². The molecule has 1 aliphatic heterocycles. The van der Waals surface area contributed by atoms with Crippen LogP contribution < -0.4 is 25.7 Å². The first kappa shape index (κ1) is 39.3. The predicted octanol–water partition coefficient (Wildman–Crippen LogP) is 7.36. The Hall–Kier alpha value is -6.99.